The van der Waals surface area contributed by atoms with Gasteiger partial charge in [0.25, 0.3) is 5.91 Å². The fraction of sp³-hybridized carbons (Fsp3) is 0.200. The summed E-state index contributed by atoms with van der Waals surface area (Å²) in [4.78, 5) is 13.3. The fourth-order valence-electron chi connectivity index (χ4n) is 3.87. The SMILES string of the molecule is O=C(Nc1ccn(Cc2ccccc2Cl)n1)c1cc(COc2ccc3c(c2)CCC3)cs1. The second kappa shape index (κ2) is 9.18. The van der Waals surface area contributed by atoms with Gasteiger partial charge in [-0.25, -0.2) is 0 Å². The Kier molecular flexibility index (Phi) is 5.97. The number of nitrogens with zero attached hydrogens (tertiary/aromatic N) is 2. The van der Waals surface area contributed by atoms with Gasteiger partial charge < -0.3 is 10.1 Å². The summed E-state index contributed by atoms with van der Waals surface area (Å²) >= 11 is 7.62. The number of aryl methyl sites for hydroxylation is 2. The summed E-state index contributed by atoms with van der Waals surface area (Å²) in [5.74, 6) is 1.21. The van der Waals surface area contributed by atoms with Crippen molar-refractivity contribution in [2.75, 3.05) is 5.32 Å². The molecule has 5 nitrogen and oxygen atoms in total. The number of thiophene rings is 1. The van der Waals surface area contributed by atoms with Crippen LogP contribution in [0.2, 0.25) is 5.02 Å². The van der Waals surface area contributed by atoms with Gasteiger partial charge in [-0.05, 0) is 65.6 Å². The van der Waals surface area contributed by atoms with Crippen molar-refractivity contribution in [3.05, 3.63) is 98.3 Å². The molecule has 32 heavy (non-hydrogen) atoms. The topological polar surface area (TPSA) is 56.2 Å². The van der Waals surface area contributed by atoms with Crippen molar-refractivity contribution in [1.29, 1.82) is 0 Å². The highest BCUT2D eigenvalue weighted by molar-refractivity contribution is 7.12. The van der Waals surface area contributed by atoms with Crippen LogP contribution in [0, 0.1) is 0 Å². The molecule has 0 unspecified atom stereocenters. The standard InChI is InChI=1S/C25H22ClN3O2S/c26-22-7-2-1-4-20(22)14-29-11-10-24(28-29)27-25(30)23-12-17(16-32-23)15-31-21-9-8-18-5-3-6-19(18)13-21/h1-2,4,7-13,16H,3,5-6,14-15H2,(H,27,28,30). The van der Waals surface area contributed by atoms with E-state index < -0.39 is 0 Å². The van der Waals surface area contributed by atoms with Crippen molar-refractivity contribution in [3.63, 3.8) is 0 Å². The molecular weight excluding hydrogens is 442 g/mol. The van der Waals surface area contributed by atoms with Gasteiger partial charge in [-0.2, -0.15) is 5.10 Å². The molecule has 0 aliphatic heterocycles. The Bertz CT molecular complexity index is 1260. The number of carbonyl (C=O) groups is 1. The van der Waals surface area contributed by atoms with Gasteiger partial charge in [0, 0.05) is 22.8 Å². The number of amides is 1. The number of fused-ring (bicyclic) bond motifs is 1. The summed E-state index contributed by atoms with van der Waals surface area (Å²) in [6.07, 6.45) is 5.34. The van der Waals surface area contributed by atoms with E-state index in [1.54, 1.807) is 10.7 Å². The van der Waals surface area contributed by atoms with Crippen LogP contribution >= 0.6 is 22.9 Å². The Labute approximate surface area is 195 Å². The molecule has 1 amide bonds. The van der Waals surface area contributed by atoms with Crippen molar-refractivity contribution in [2.24, 2.45) is 0 Å². The third-order valence-electron chi connectivity index (χ3n) is 5.53. The fourth-order valence-corrected chi connectivity index (χ4v) is 4.86. The van der Waals surface area contributed by atoms with Crippen LogP contribution in [0.1, 0.15) is 38.3 Å². The third-order valence-corrected chi connectivity index (χ3v) is 6.87. The molecule has 0 saturated carbocycles. The maximum Gasteiger partial charge on any atom is 0.266 e. The molecule has 0 atom stereocenters. The van der Waals surface area contributed by atoms with Gasteiger partial charge >= 0.3 is 0 Å². The highest BCUT2D eigenvalue weighted by atomic mass is 35.5. The molecular formula is C25H22ClN3O2S. The van der Waals surface area contributed by atoms with Crippen LogP contribution in [0.25, 0.3) is 0 Å². The summed E-state index contributed by atoms with van der Waals surface area (Å²) in [5, 5.41) is 9.94. The minimum Gasteiger partial charge on any atom is -0.489 e. The summed E-state index contributed by atoms with van der Waals surface area (Å²) in [7, 11) is 0. The van der Waals surface area contributed by atoms with Crippen molar-refractivity contribution in [1.82, 2.24) is 9.78 Å². The van der Waals surface area contributed by atoms with Gasteiger partial charge in [-0.1, -0.05) is 35.9 Å². The molecule has 4 aromatic rings. The molecule has 0 radical (unpaired) electrons. The smallest absolute Gasteiger partial charge is 0.266 e. The first-order chi connectivity index (χ1) is 15.6. The Balaban J connectivity index is 1.17. The van der Waals surface area contributed by atoms with Crippen molar-refractivity contribution >= 4 is 34.7 Å². The van der Waals surface area contributed by atoms with Crippen molar-refractivity contribution < 1.29 is 9.53 Å². The molecule has 0 fully saturated rings. The number of halogens is 1. The first kappa shape index (κ1) is 20.8. The van der Waals surface area contributed by atoms with Gasteiger partial charge in [0.2, 0.25) is 0 Å². The number of hydrogen-bond donors (Lipinski definition) is 1. The van der Waals surface area contributed by atoms with Crippen molar-refractivity contribution in [3.8, 4) is 5.75 Å². The number of hydrogen-bond acceptors (Lipinski definition) is 4. The van der Waals surface area contributed by atoms with E-state index in [4.69, 9.17) is 16.3 Å². The van der Waals surface area contributed by atoms with Gasteiger partial charge in [-0.3, -0.25) is 9.48 Å². The number of rotatable bonds is 7. The highest BCUT2D eigenvalue weighted by Crippen LogP contribution is 2.27. The van der Waals surface area contributed by atoms with E-state index in [1.165, 1.54) is 28.9 Å². The van der Waals surface area contributed by atoms with Gasteiger partial charge in [-0.15, -0.1) is 11.3 Å². The lowest BCUT2D eigenvalue weighted by Gasteiger charge is -2.07. The Morgan fingerprint density at radius 3 is 2.91 bits per heavy atom. The average Bonchev–Trinajstić information content (AvgIpc) is 3.54. The summed E-state index contributed by atoms with van der Waals surface area (Å²) in [6, 6.07) is 17.6. The van der Waals surface area contributed by atoms with Crippen LogP contribution in [0.15, 0.2) is 66.2 Å². The predicted molar refractivity (Wildman–Crippen MR) is 128 cm³/mol. The molecule has 0 spiro atoms. The summed E-state index contributed by atoms with van der Waals surface area (Å²) < 4.78 is 7.70. The van der Waals surface area contributed by atoms with E-state index in [0.717, 1.165) is 29.7 Å². The highest BCUT2D eigenvalue weighted by Gasteiger charge is 2.13. The first-order valence-corrected chi connectivity index (χ1v) is 11.8. The number of nitrogens with one attached hydrogen (secondary N) is 1. The maximum atomic E-state index is 12.6. The molecule has 0 saturated heterocycles. The molecule has 1 N–H and O–H groups in total. The van der Waals surface area contributed by atoms with Crippen LogP contribution in [0.3, 0.4) is 0 Å². The molecule has 2 heterocycles. The minimum atomic E-state index is -0.179. The van der Waals surface area contributed by atoms with Gasteiger partial charge in [0.1, 0.15) is 12.4 Å². The molecule has 162 valence electrons. The Morgan fingerprint density at radius 1 is 1.12 bits per heavy atom. The van der Waals surface area contributed by atoms with Crippen LogP contribution < -0.4 is 10.1 Å². The van der Waals surface area contributed by atoms with Crippen LogP contribution in [0.5, 0.6) is 5.75 Å². The van der Waals surface area contributed by atoms with Crippen LogP contribution in [0.4, 0.5) is 5.82 Å². The molecule has 5 rings (SSSR count). The normalized spacial score (nSPS) is 12.5. The summed E-state index contributed by atoms with van der Waals surface area (Å²) in [5.41, 5.74) is 4.77. The zero-order chi connectivity index (χ0) is 21.9. The number of anilines is 1. The molecule has 2 aromatic heterocycles. The van der Waals surface area contributed by atoms with E-state index in [2.05, 4.69) is 22.5 Å². The van der Waals surface area contributed by atoms with Gasteiger partial charge in [0.05, 0.1) is 11.4 Å². The first-order valence-electron chi connectivity index (χ1n) is 10.5. The maximum absolute atomic E-state index is 12.6. The van der Waals surface area contributed by atoms with Crippen molar-refractivity contribution in [2.45, 2.75) is 32.4 Å². The largest absolute Gasteiger partial charge is 0.489 e. The summed E-state index contributed by atoms with van der Waals surface area (Å²) in [6.45, 7) is 0.980. The Morgan fingerprint density at radius 2 is 2.00 bits per heavy atom. The molecule has 1 aliphatic carbocycles. The average molecular weight is 464 g/mol. The molecule has 7 heteroatoms. The zero-order valence-electron chi connectivity index (χ0n) is 17.4. The minimum absolute atomic E-state index is 0.179. The monoisotopic (exact) mass is 463 g/mol. The number of ether oxygens (including phenoxy) is 1. The van der Waals surface area contributed by atoms with E-state index in [-0.39, 0.29) is 5.91 Å². The zero-order valence-corrected chi connectivity index (χ0v) is 19.0. The number of benzene rings is 2. The number of carbonyl (C=O) groups excluding carboxylic acids is 1. The van der Waals surface area contributed by atoms with E-state index in [0.29, 0.717) is 28.9 Å². The quantitative estimate of drug-likeness (QED) is 0.367. The molecule has 0 bridgehead atoms. The third kappa shape index (κ3) is 4.71. The lowest BCUT2D eigenvalue weighted by Crippen LogP contribution is -2.11. The Hall–Kier alpha value is -3.09. The molecule has 2 aromatic carbocycles. The van der Waals surface area contributed by atoms with E-state index in [9.17, 15) is 4.79 Å². The molecule has 1 aliphatic rings. The second-order valence-electron chi connectivity index (χ2n) is 7.84. The number of aromatic nitrogens is 2. The van der Waals surface area contributed by atoms with E-state index >= 15 is 0 Å². The van der Waals surface area contributed by atoms with Gasteiger partial charge in [0.15, 0.2) is 5.82 Å². The second-order valence-corrected chi connectivity index (χ2v) is 9.15. The lowest BCUT2D eigenvalue weighted by atomic mass is 10.1. The van der Waals surface area contributed by atoms with Crippen LogP contribution in [-0.4, -0.2) is 15.7 Å². The van der Waals surface area contributed by atoms with Crippen LogP contribution in [-0.2, 0) is 26.0 Å². The lowest BCUT2D eigenvalue weighted by molar-refractivity contribution is 0.103. The predicted octanol–water partition coefficient (Wildman–Crippen LogP) is 5.97. The van der Waals surface area contributed by atoms with E-state index in [1.807, 2.05) is 48.0 Å².